The van der Waals surface area contributed by atoms with Crippen molar-refractivity contribution in [3.63, 3.8) is 0 Å². The number of nitrogens with one attached hydrogen (secondary N) is 2. The van der Waals surface area contributed by atoms with Gasteiger partial charge in [-0.3, -0.25) is 5.10 Å². The summed E-state index contributed by atoms with van der Waals surface area (Å²) in [6.07, 6.45) is 1.76. The average molecular weight is 303 g/mol. The third-order valence-electron chi connectivity index (χ3n) is 2.73. The first-order valence-corrected chi connectivity index (χ1v) is 6.27. The molecule has 0 radical (unpaired) electrons. The maximum atomic E-state index is 6.01. The molecule has 2 aromatic carbocycles. The number of nitrogens with two attached hydrogens (primary N) is 1. The molecule has 0 bridgehead atoms. The first-order chi connectivity index (χ1) is 8.72. The summed E-state index contributed by atoms with van der Waals surface area (Å²) in [6.45, 7) is 0. The predicted molar refractivity (Wildman–Crippen MR) is 77.9 cm³/mol. The van der Waals surface area contributed by atoms with Crippen LogP contribution < -0.4 is 11.1 Å². The molecule has 0 saturated heterocycles. The van der Waals surface area contributed by atoms with Gasteiger partial charge >= 0.3 is 0 Å². The van der Waals surface area contributed by atoms with E-state index in [0.29, 0.717) is 5.69 Å². The van der Waals surface area contributed by atoms with Gasteiger partial charge < -0.3 is 11.1 Å². The zero-order chi connectivity index (χ0) is 12.5. The van der Waals surface area contributed by atoms with E-state index in [9.17, 15) is 0 Å². The third-order valence-corrected chi connectivity index (χ3v) is 3.26. The normalized spacial score (nSPS) is 10.7. The van der Waals surface area contributed by atoms with Crippen LogP contribution in [0.4, 0.5) is 17.1 Å². The zero-order valence-electron chi connectivity index (χ0n) is 9.44. The van der Waals surface area contributed by atoms with Crippen molar-refractivity contribution < 1.29 is 0 Å². The number of aromatic amines is 1. The Balaban J connectivity index is 1.98. The minimum atomic E-state index is 0.701. The van der Waals surface area contributed by atoms with E-state index >= 15 is 0 Å². The Morgan fingerprint density at radius 2 is 1.94 bits per heavy atom. The van der Waals surface area contributed by atoms with Crippen molar-refractivity contribution in [3.8, 4) is 0 Å². The topological polar surface area (TPSA) is 66.7 Å². The molecule has 0 spiro atoms. The summed E-state index contributed by atoms with van der Waals surface area (Å²) in [5.74, 6) is 0. The van der Waals surface area contributed by atoms with Gasteiger partial charge in [0.1, 0.15) is 0 Å². The van der Waals surface area contributed by atoms with Crippen LogP contribution in [-0.4, -0.2) is 10.2 Å². The number of nitrogens with zero attached hydrogens (tertiary/aromatic N) is 1. The average Bonchev–Trinajstić information content (AvgIpc) is 2.79. The van der Waals surface area contributed by atoms with Gasteiger partial charge in [0.2, 0.25) is 0 Å². The van der Waals surface area contributed by atoms with Gasteiger partial charge in [-0.2, -0.15) is 5.10 Å². The molecule has 1 heterocycles. The lowest BCUT2D eigenvalue weighted by Crippen LogP contribution is -1.96. The van der Waals surface area contributed by atoms with Gasteiger partial charge in [-0.05, 0) is 36.4 Å². The second-order valence-corrected chi connectivity index (χ2v) is 4.94. The highest BCUT2D eigenvalue weighted by Gasteiger charge is 2.04. The summed E-state index contributed by atoms with van der Waals surface area (Å²) in [5.41, 5.74) is 9.53. The Morgan fingerprint density at radius 1 is 1.17 bits per heavy atom. The van der Waals surface area contributed by atoms with E-state index < -0.39 is 0 Å². The van der Waals surface area contributed by atoms with E-state index in [4.69, 9.17) is 5.73 Å². The van der Waals surface area contributed by atoms with Crippen LogP contribution in [0.25, 0.3) is 10.9 Å². The molecule has 0 unspecified atom stereocenters. The summed E-state index contributed by atoms with van der Waals surface area (Å²) in [4.78, 5) is 0. The second-order valence-electron chi connectivity index (χ2n) is 4.03. The molecule has 4 nitrogen and oxygen atoms in total. The number of hydrogen-bond acceptors (Lipinski definition) is 3. The summed E-state index contributed by atoms with van der Waals surface area (Å²) in [6, 6.07) is 11.8. The summed E-state index contributed by atoms with van der Waals surface area (Å²) >= 11 is 3.41. The monoisotopic (exact) mass is 302 g/mol. The highest BCUT2D eigenvalue weighted by atomic mass is 79.9. The molecule has 3 aromatic rings. The fourth-order valence-corrected chi connectivity index (χ4v) is 2.07. The molecular formula is C13H11BrN4. The van der Waals surface area contributed by atoms with Crippen LogP contribution in [0.5, 0.6) is 0 Å². The van der Waals surface area contributed by atoms with Crippen molar-refractivity contribution in [3.05, 3.63) is 47.1 Å². The molecule has 0 amide bonds. The Kier molecular flexibility index (Phi) is 2.68. The Hall–Kier alpha value is -2.01. The predicted octanol–water partition coefficient (Wildman–Crippen LogP) is 3.65. The van der Waals surface area contributed by atoms with E-state index in [1.165, 1.54) is 0 Å². The number of anilines is 3. The smallest absolute Gasteiger partial charge is 0.0672 e. The minimum absolute atomic E-state index is 0.701. The number of halogens is 1. The Morgan fingerprint density at radius 3 is 2.72 bits per heavy atom. The van der Waals surface area contributed by atoms with Crippen LogP contribution in [0.2, 0.25) is 0 Å². The molecule has 5 heteroatoms. The quantitative estimate of drug-likeness (QED) is 0.633. The Bertz CT molecular complexity index is 688. The van der Waals surface area contributed by atoms with Crippen LogP contribution >= 0.6 is 15.9 Å². The van der Waals surface area contributed by atoms with Crippen molar-refractivity contribution in [2.24, 2.45) is 0 Å². The lowest BCUT2D eigenvalue weighted by Gasteiger charge is -2.09. The molecule has 1 aromatic heterocycles. The summed E-state index contributed by atoms with van der Waals surface area (Å²) in [5, 5.41) is 11.2. The lowest BCUT2D eigenvalue weighted by molar-refractivity contribution is 1.12. The fourth-order valence-electron chi connectivity index (χ4n) is 1.81. The number of aromatic nitrogens is 2. The van der Waals surface area contributed by atoms with E-state index in [0.717, 1.165) is 26.8 Å². The molecule has 0 atom stereocenters. The van der Waals surface area contributed by atoms with Gasteiger partial charge in [0, 0.05) is 15.5 Å². The second kappa shape index (κ2) is 4.34. The van der Waals surface area contributed by atoms with Crippen LogP contribution in [-0.2, 0) is 0 Å². The third kappa shape index (κ3) is 2.04. The molecule has 4 N–H and O–H groups in total. The fraction of sp³-hybridized carbons (Fsp3) is 0. The molecule has 0 fully saturated rings. The first-order valence-electron chi connectivity index (χ1n) is 5.47. The van der Waals surface area contributed by atoms with Crippen LogP contribution in [0.3, 0.4) is 0 Å². The molecular weight excluding hydrogens is 292 g/mol. The largest absolute Gasteiger partial charge is 0.397 e. The maximum absolute atomic E-state index is 6.01. The number of fused-ring (bicyclic) bond motifs is 1. The van der Waals surface area contributed by atoms with Gasteiger partial charge in [-0.25, -0.2) is 0 Å². The van der Waals surface area contributed by atoms with E-state index in [1.54, 1.807) is 6.20 Å². The van der Waals surface area contributed by atoms with Crippen LogP contribution in [0.15, 0.2) is 47.1 Å². The lowest BCUT2D eigenvalue weighted by atomic mass is 10.2. The van der Waals surface area contributed by atoms with Crippen molar-refractivity contribution in [2.45, 2.75) is 0 Å². The van der Waals surface area contributed by atoms with E-state index in [-0.39, 0.29) is 0 Å². The number of benzene rings is 2. The number of H-pyrrole nitrogens is 1. The molecule has 18 heavy (non-hydrogen) atoms. The van der Waals surface area contributed by atoms with Crippen molar-refractivity contribution in [1.29, 1.82) is 0 Å². The SMILES string of the molecule is Nc1cc2cn[nH]c2cc1Nc1ccc(Br)cc1. The standard InChI is InChI=1S/C13H11BrN4/c14-9-1-3-10(4-2-9)17-13-6-12-8(5-11(13)15)7-16-18-12/h1-7,17H,15H2,(H,16,18). The molecule has 0 saturated carbocycles. The number of nitrogen functional groups attached to an aromatic ring is 1. The molecule has 90 valence electrons. The minimum Gasteiger partial charge on any atom is -0.397 e. The summed E-state index contributed by atoms with van der Waals surface area (Å²) < 4.78 is 1.05. The van der Waals surface area contributed by atoms with Crippen molar-refractivity contribution in [1.82, 2.24) is 10.2 Å². The summed E-state index contributed by atoms with van der Waals surface area (Å²) in [7, 11) is 0. The van der Waals surface area contributed by atoms with Crippen molar-refractivity contribution >= 4 is 43.9 Å². The highest BCUT2D eigenvalue weighted by molar-refractivity contribution is 9.10. The van der Waals surface area contributed by atoms with E-state index in [2.05, 4.69) is 31.4 Å². The first kappa shape index (κ1) is 11.1. The van der Waals surface area contributed by atoms with Crippen molar-refractivity contribution in [2.75, 3.05) is 11.1 Å². The molecule has 3 rings (SSSR count). The zero-order valence-corrected chi connectivity index (χ0v) is 11.0. The van der Waals surface area contributed by atoms with Crippen LogP contribution in [0.1, 0.15) is 0 Å². The molecule has 0 aliphatic carbocycles. The van der Waals surface area contributed by atoms with Gasteiger partial charge in [0.15, 0.2) is 0 Å². The number of hydrogen-bond donors (Lipinski definition) is 3. The molecule has 0 aliphatic heterocycles. The maximum Gasteiger partial charge on any atom is 0.0672 e. The number of rotatable bonds is 2. The molecule has 0 aliphatic rings. The van der Waals surface area contributed by atoms with Gasteiger partial charge in [-0.15, -0.1) is 0 Å². The van der Waals surface area contributed by atoms with E-state index in [1.807, 2.05) is 36.4 Å². The van der Waals surface area contributed by atoms with Gasteiger partial charge in [0.25, 0.3) is 0 Å². The van der Waals surface area contributed by atoms with Crippen LogP contribution in [0, 0.1) is 0 Å². The highest BCUT2D eigenvalue weighted by Crippen LogP contribution is 2.28. The Labute approximate surface area is 112 Å². The van der Waals surface area contributed by atoms with Gasteiger partial charge in [-0.1, -0.05) is 15.9 Å². The van der Waals surface area contributed by atoms with Gasteiger partial charge in [0.05, 0.1) is 23.1 Å².